The molecule has 8 heteroatoms. The van der Waals surface area contributed by atoms with Crippen molar-refractivity contribution in [2.45, 2.75) is 38.1 Å². The molecule has 32 heavy (non-hydrogen) atoms. The maximum Gasteiger partial charge on any atom is 0.327 e. The monoisotopic (exact) mass is 449 g/mol. The van der Waals surface area contributed by atoms with E-state index in [0.29, 0.717) is 16.7 Å². The number of aromatic amines is 1. The molecule has 1 N–H and O–H groups in total. The van der Waals surface area contributed by atoms with E-state index >= 15 is 0 Å². The summed E-state index contributed by atoms with van der Waals surface area (Å²) in [6.45, 7) is 7.06. The third kappa shape index (κ3) is 3.71. The van der Waals surface area contributed by atoms with Gasteiger partial charge in [0.15, 0.2) is 16.2 Å². The number of nitrogens with zero attached hydrogens (tertiary/aromatic N) is 2. The number of carbonyl (C=O) groups excluding carboxylic acids is 2. The van der Waals surface area contributed by atoms with E-state index in [2.05, 4.69) is 4.98 Å². The van der Waals surface area contributed by atoms with Gasteiger partial charge in [-0.15, -0.1) is 0 Å². The summed E-state index contributed by atoms with van der Waals surface area (Å²) in [6, 6.07) is 13.2. The number of hydrogen-bond acceptors (Lipinski definition) is 6. The molecule has 2 aromatic heterocycles. The van der Waals surface area contributed by atoms with E-state index in [1.165, 1.54) is 11.5 Å². The largest absolute Gasteiger partial charge is 0.465 e. The summed E-state index contributed by atoms with van der Waals surface area (Å²) in [4.78, 5) is 46.4. The van der Waals surface area contributed by atoms with E-state index in [9.17, 15) is 14.4 Å². The van der Waals surface area contributed by atoms with Crippen LogP contribution in [-0.4, -0.2) is 38.1 Å². The molecule has 7 nitrogen and oxygen atoms in total. The SMILES string of the molecule is CCOC(=O)C(Sc1nc2c([nH]c3ccccc32)c(=O)n1-c1cccc(C)c1C)C(C)=O. The molecule has 0 amide bonds. The van der Waals surface area contributed by atoms with E-state index < -0.39 is 11.2 Å². The number of aryl methyl sites for hydroxylation is 1. The Hall–Kier alpha value is -3.39. The Labute approximate surface area is 188 Å². The first-order valence-corrected chi connectivity index (χ1v) is 11.1. The van der Waals surface area contributed by atoms with Gasteiger partial charge in [-0.25, -0.2) is 4.98 Å². The summed E-state index contributed by atoms with van der Waals surface area (Å²) in [7, 11) is 0. The molecule has 0 saturated carbocycles. The highest BCUT2D eigenvalue weighted by molar-refractivity contribution is 8.01. The lowest BCUT2D eigenvalue weighted by molar-refractivity contribution is -0.144. The van der Waals surface area contributed by atoms with Gasteiger partial charge in [0.2, 0.25) is 0 Å². The second-order valence-electron chi connectivity index (χ2n) is 7.51. The lowest BCUT2D eigenvalue weighted by Gasteiger charge is -2.18. The minimum Gasteiger partial charge on any atom is -0.465 e. The van der Waals surface area contributed by atoms with E-state index in [1.54, 1.807) is 6.92 Å². The topological polar surface area (TPSA) is 94.0 Å². The zero-order valence-electron chi connectivity index (χ0n) is 18.3. The number of H-pyrrole nitrogens is 1. The van der Waals surface area contributed by atoms with Crippen molar-refractivity contribution in [2.75, 3.05) is 6.61 Å². The molecule has 1 atom stereocenters. The van der Waals surface area contributed by atoms with Crippen molar-refractivity contribution < 1.29 is 14.3 Å². The van der Waals surface area contributed by atoms with Crippen LogP contribution in [0.4, 0.5) is 0 Å². The Bertz CT molecular complexity index is 1420. The first kappa shape index (κ1) is 21.8. The van der Waals surface area contributed by atoms with Crippen LogP contribution in [0, 0.1) is 13.8 Å². The fourth-order valence-corrected chi connectivity index (χ4v) is 4.60. The molecule has 0 spiro atoms. The Balaban J connectivity index is 2.03. The van der Waals surface area contributed by atoms with Gasteiger partial charge in [0.1, 0.15) is 11.0 Å². The number of benzene rings is 2. The molecular formula is C24H23N3O4S. The average Bonchev–Trinajstić information content (AvgIpc) is 3.13. The predicted octanol–water partition coefficient (Wildman–Crippen LogP) is 4.10. The average molecular weight is 450 g/mol. The standard InChI is InChI=1S/C24H23N3O4S/c1-5-31-23(30)21(15(4)28)32-24-26-19-16-10-6-7-11-17(16)25-20(19)22(29)27(24)18-12-8-9-13(2)14(18)3/h6-12,21,25H,5H2,1-4H3. The minimum atomic E-state index is -1.12. The van der Waals surface area contributed by atoms with Crippen LogP contribution in [0.2, 0.25) is 0 Å². The number of thioether (sulfide) groups is 1. The van der Waals surface area contributed by atoms with Crippen LogP contribution in [0.3, 0.4) is 0 Å². The van der Waals surface area contributed by atoms with Crippen molar-refractivity contribution in [2.24, 2.45) is 0 Å². The molecule has 2 heterocycles. The fraction of sp³-hybridized carbons (Fsp3) is 0.250. The Kier molecular flexibility index (Phi) is 5.88. The number of nitrogens with one attached hydrogen (secondary N) is 1. The van der Waals surface area contributed by atoms with Crippen molar-refractivity contribution in [1.29, 1.82) is 0 Å². The normalized spacial score (nSPS) is 12.2. The van der Waals surface area contributed by atoms with Crippen LogP contribution >= 0.6 is 11.8 Å². The number of esters is 1. The number of para-hydroxylation sites is 1. The molecule has 0 bridgehead atoms. The van der Waals surface area contributed by atoms with Crippen molar-refractivity contribution in [1.82, 2.24) is 14.5 Å². The maximum atomic E-state index is 13.7. The second-order valence-corrected chi connectivity index (χ2v) is 8.58. The van der Waals surface area contributed by atoms with Crippen LogP contribution in [0.1, 0.15) is 25.0 Å². The number of hydrogen-bond donors (Lipinski definition) is 1. The van der Waals surface area contributed by atoms with Crippen LogP contribution in [0.25, 0.3) is 27.6 Å². The number of rotatable bonds is 6. The summed E-state index contributed by atoms with van der Waals surface area (Å²) >= 11 is 0.936. The van der Waals surface area contributed by atoms with Gasteiger partial charge >= 0.3 is 5.97 Å². The molecule has 0 fully saturated rings. The van der Waals surface area contributed by atoms with Gasteiger partial charge in [0, 0.05) is 10.9 Å². The van der Waals surface area contributed by atoms with Crippen molar-refractivity contribution >= 4 is 45.5 Å². The summed E-state index contributed by atoms with van der Waals surface area (Å²) in [5, 5.41) is -0.0693. The Morgan fingerprint density at radius 1 is 1.16 bits per heavy atom. The number of Topliss-reactive ketones (excluding diaryl/α,β-unsaturated/α-hetero) is 1. The van der Waals surface area contributed by atoms with Gasteiger partial charge in [-0.2, -0.15) is 0 Å². The summed E-state index contributed by atoms with van der Waals surface area (Å²) in [6.07, 6.45) is 0. The lowest BCUT2D eigenvalue weighted by atomic mass is 10.1. The van der Waals surface area contributed by atoms with E-state index in [4.69, 9.17) is 9.72 Å². The van der Waals surface area contributed by atoms with E-state index in [-0.39, 0.29) is 23.1 Å². The van der Waals surface area contributed by atoms with Crippen molar-refractivity contribution in [3.05, 3.63) is 63.9 Å². The highest BCUT2D eigenvalue weighted by atomic mass is 32.2. The van der Waals surface area contributed by atoms with E-state index in [0.717, 1.165) is 33.8 Å². The first-order chi connectivity index (χ1) is 15.3. The molecule has 0 radical (unpaired) electrons. The third-order valence-electron chi connectivity index (χ3n) is 5.40. The number of aromatic nitrogens is 3. The molecule has 4 rings (SSSR count). The minimum absolute atomic E-state index is 0.155. The molecule has 4 aromatic rings. The fourth-order valence-electron chi connectivity index (χ4n) is 3.63. The van der Waals surface area contributed by atoms with Gasteiger partial charge in [-0.1, -0.05) is 42.1 Å². The van der Waals surface area contributed by atoms with Crippen LogP contribution < -0.4 is 5.56 Å². The molecule has 2 aromatic carbocycles. The second kappa shape index (κ2) is 8.63. The smallest absolute Gasteiger partial charge is 0.327 e. The van der Waals surface area contributed by atoms with Crippen LogP contribution in [0.5, 0.6) is 0 Å². The molecule has 164 valence electrons. The van der Waals surface area contributed by atoms with E-state index in [1.807, 2.05) is 56.3 Å². The first-order valence-electron chi connectivity index (χ1n) is 10.3. The number of ketones is 1. The highest BCUT2D eigenvalue weighted by Gasteiger charge is 2.29. The zero-order chi connectivity index (χ0) is 23.0. The maximum absolute atomic E-state index is 13.7. The number of carbonyl (C=O) groups is 2. The summed E-state index contributed by atoms with van der Waals surface area (Å²) in [5.41, 5.74) is 3.92. The summed E-state index contributed by atoms with van der Waals surface area (Å²) < 4.78 is 6.57. The molecule has 1 unspecified atom stereocenters. The van der Waals surface area contributed by atoms with Gasteiger partial charge < -0.3 is 9.72 Å². The summed E-state index contributed by atoms with van der Waals surface area (Å²) in [5.74, 6) is -1.01. The van der Waals surface area contributed by atoms with Crippen LogP contribution in [-0.2, 0) is 14.3 Å². The molecule has 0 saturated heterocycles. The van der Waals surface area contributed by atoms with Gasteiger partial charge in [0.25, 0.3) is 5.56 Å². The molecular weight excluding hydrogens is 426 g/mol. The number of fused-ring (bicyclic) bond motifs is 3. The lowest BCUT2D eigenvalue weighted by Crippen LogP contribution is -2.30. The Morgan fingerprint density at radius 3 is 2.62 bits per heavy atom. The van der Waals surface area contributed by atoms with Crippen molar-refractivity contribution in [3.8, 4) is 5.69 Å². The number of ether oxygens (including phenoxy) is 1. The molecule has 0 aliphatic carbocycles. The quantitative estimate of drug-likeness (QED) is 0.206. The molecule has 0 aliphatic rings. The van der Waals surface area contributed by atoms with Gasteiger partial charge in [-0.05, 0) is 51.0 Å². The Morgan fingerprint density at radius 2 is 1.91 bits per heavy atom. The predicted molar refractivity (Wildman–Crippen MR) is 126 cm³/mol. The van der Waals surface area contributed by atoms with Gasteiger partial charge in [-0.3, -0.25) is 19.0 Å². The molecule has 0 aliphatic heterocycles. The van der Waals surface area contributed by atoms with Crippen molar-refractivity contribution in [3.63, 3.8) is 0 Å². The highest BCUT2D eigenvalue weighted by Crippen LogP contribution is 2.30. The van der Waals surface area contributed by atoms with Crippen LogP contribution in [0.15, 0.2) is 52.4 Å². The zero-order valence-corrected chi connectivity index (χ0v) is 19.1. The van der Waals surface area contributed by atoms with Gasteiger partial charge in [0.05, 0.1) is 12.3 Å². The third-order valence-corrected chi connectivity index (χ3v) is 6.65.